The van der Waals surface area contributed by atoms with Crippen LogP contribution in [0.2, 0.25) is 0 Å². The van der Waals surface area contributed by atoms with Gasteiger partial charge in [0.15, 0.2) is 0 Å². The summed E-state index contributed by atoms with van der Waals surface area (Å²) in [6, 6.07) is 2.61. The van der Waals surface area contributed by atoms with E-state index in [2.05, 4.69) is 49.0 Å². The van der Waals surface area contributed by atoms with E-state index in [-0.39, 0.29) is 0 Å². The molecule has 0 aromatic carbocycles. The lowest BCUT2D eigenvalue weighted by Gasteiger charge is -2.24. The highest BCUT2D eigenvalue weighted by Crippen LogP contribution is 2.18. The fourth-order valence-corrected chi connectivity index (χ4v) is 1.74. The molecule has 1 heterocycles. The van der Waals surface area contributed by atoms with Crippen LogP contribution >= 0.6 is 0 Å². The molecule has 1 N–H and O–H groups in total. The van der Waals surface area contributed by atoms with Crippen LogP contribution in [-0.4, -0.2) is 24.1 Å². The van der Waals surface area contributed by atoms with Gasteiger partial charge >= 0.3 is 0 Å². The molecule has 0 fully saturated rings. The van der Waals surface area contributed by atoms with E-state index in [4.69, 9.17) is 0 Å². The average Bonchev–Trinajstić information content (AvgIpc) is 2.29. The van der Waals surface area contributed by atoms with Crippen molar-refractivity contribution in [3.63, 3.8) is 0 Å². The van der Waals surface area contributed by atoms with E-state index in [1.54, 1.807) is 0 Å². The first-order valence-electron chi connectivity index (χ1n) is 6.10. The number of anilines is 1. The zero-order valence-electron chi connectivity index (χ0n) is 10.8. The fourth-order valence-electron chi connectivity index (χ4n) is 1.74. The van der Waals surface area contributed by atoms with Gasteiger partial charge in [-0.1, -0.05) is 13.8 Å². The second kappa shape index (κ2) is 6.48. The summed E-state index contributed by atoms with van der Waals surface area (Å²) >= 11 is 0. The van der Waals surface area contributed by atoms with Gasteiger partial charge in [0, 0.05) is 49.3 Å². The van der Waals surface area contributed by atoms with Crippen molar-refractivity contribution in [2.24, 2.45) is 0 Å². The van der Waals surface area contributed by atoms with Crippen LogP contribution in [0.1, 0.15) is 33.3 Å². The highest BCUT2D eigenvalue weighted by molar-refractivity contribution is 5.52. The lowest BCUT2D eigenvalue weighted by Crippen LogP contribution is -2.26. The van der Waals surface area contributed by atoms with Crippen molar-refractivity contribution in [3.8, 4) is 0 Å². The Balaban J connectivity index is 2.82. The first-order valence-corrected chi connectivity index (χ1v) is 6.10. The molecule has 1 rings (SSSR count). The molecule has 0 amide bonds. The van der Waals surface area contributed by atoms with Gasteiger partial charge in [0.05, 0.1) is 0 Å². The Hall–Kier alpha value is -1.09. The molecule has 1 aromatic heterocycles. The summed E-state index contributed by atoms with van der Waals surface area (Å²) in [5.74, 6) is 0. The van der Waals surface area contributed by atoms with Gasteiger partial charge in [-0.05, 0) is 19.9 Å². The molecule has 0 unspecified atom stereocenters. The molecule has 16 heavy (non-hydrogen) atoms. The Labute approximate surface area is 98.9 Å². The summed E-state index contributed by atoms with van der Waals surface area (Å²) < 4.78 is 0. The van der Waals surface area contributed by atoms with Gasteiger partial charge in [-0.25, -0.2) is 0 Å². The molecule has 0 atom stereocenters. The molecule has 0 aliphatic rings. The summed E-state index contributed by atoms with van der Waals surface area (Å²) in [6.45, 7) is 11.6. The van der Waals surface area contributed by atoms with Crippen molar-refractivity contribution in [3.05, 3.63) is 24.0 Å². The smallest absolute Gasteiger partial charge is 0.0442 e. The van der Waals surface area contributed by atoms with E-state index in [1.165, 1.54) is 11.3 Å². The van der Waals surface area contributed by atoms with Gasteiger partial charge in [0.2, 0.25) is 0 Å². The largest absolute Gasteiger partial charge is 0.372 e. The summed E-state index contributed by atoms with van der Waals surface area (Å²) in [5, 5.41) is 3.44. The van der Waals surface area contributed by atoms with Crippen LogP contribution in [0.25, 0.3) is 0 Å². The SMILES string of the molecule is CCN(CC)c1ccncc1CNC(C)C. The zero-order valence-corrected chi connectivity index (χ0v) is 10.8. The first-order chi connectivity index (χ1) is 7.69. The van der Waals surface area contributed by atoms with E-state index >= 15 is 0 Å². The van der Waals surface area contributed by atoms with E-state index in [1.807, 2.05) is 12.4 Å². The number of nitrogens with zero attached hydrogens (tertiary/aromatic N) is 2. The molecule has 0 bridgehead atoms. The molecule has 0 saturated carbocycles. The normalized spacial score (nSPS) is 10.8. The lowest BCUT2D eigenvalue weighted by molar-refractivity contribution is 0.587. The fraction of sp³-hybridized carbons (Fsp3) is 0.615. The van der Waals surface area contributed by atoms with Crippen LogP contribution in [0.5, 0.6) is 0 Å². The van der Waals surface area contributed by atoms with Crippen LogP contribution in [0, 0.1) is 0 Å². The zero-order chi connectivity index (χ0) is 12.0. The van der Waals surface area contributed by atoms with Crippen molar-refractivity contribution >= 4 is 5.69 Å². The number of pyridine rings is 1. The van der Waals surface area contributed by atoms with Crippen LogP contribution in [0.15, 0.2) is 18.5 Å². The molecule has 0 radical (unpaired) electrons. The summed E-state index contributed by atoms with van der Waals surface area (Å²) in [4.78, 5) is 6.57. The third-order valence-corrected chi connectivity index (χ3v) is 2.68. The molecule has 1 aromatic rings. The summed E-state index contributed by atoms with van der Waals surface area (Å²) in [7, 11) is 0. The van der Waals surface area contributed by atoms with E-state index < -0.39 is 0 Å². The van der Waals surface area contributed by atoms with E-state index in [0.717, 1.165) is 19.6 Å². The Kier molecular flexibility index (Phi) is 5.26. The minimum absolute atomic E-state index is 0.504. The summed E-state index contributed by atoms with van der Waals surface area (Å²) in [6.07, 6.45) is 3.83. The van der Waals surface area contributed by atoms with Crippen molar-refractivity contribution in [2.75, 3.05) is 18.0 Å². The van der Waals surface area contributed by atoms with E-state index in [0.29, 0.717) is 6.04 Å². The minimum atomic E-state index is 0.504. The number of rotatable bonds is 6. The Morgan fingerprint density at radius 2 is 2.00 bits per heavy atom. The molecule has 3 nitrogen and oxygen atoms in total. The molecule has 90 valence electrons. The highest BCUT2D eigenvalue weighted by Gasteiger charge is 2.07. The van der Waals surface area contributed by atoms with Crippen LogP contribution in [0.3, 0.4) is 0 Å². The number of nitrogens with one attached hydrogen (secondary N) is 1. The monoisotopic (exact) mass is 221 g/mol. The molecule has 0 aliphatic carbocycles. The molecular weight excluding hydrogens is 198 g/mol. The van der Waals surface area contributed by atoms with Gasteiger partial charge < -0.3 is 10.2 Å². The maximum atomic E-state index is 4.21. The highest BCUT2D eigenvalue weighted by atomic mass is 15.1. The molecule has 0 spiro atoms. The van der Waals surface area contributed by atoms with Crippen LogP contribution in [0.4, 0.5) is 5.69 Å². The minimum Gasteiger partial charge on any atom is -0.372 e. The Morgan fingerprint density at radius 3 is 2.56 bits per heavy atom. The van der Waals surface area contributed by atoms with Gasteiger partial charge in [-0.2, -0.15) is 0 Å². The maximum absolute atomic E-state index is 4.21. The Morgan fingerprint density at radius 1 is 1.31 bits per heavy atom. The van der Waals surface area contributed by atoms with Crippen molar-refractivity contribution in [1.29, 1.82) is 0 Å². The third-order valence-electron chi connectivity index (χ3n) is 2.68. The number of hydrogen-bond acceptors (Lipinski definition) is 3. The quantitative estimate of drug-likeness (QED) is 0.799. The second-order valence-electron chi connectivity index (χ2n) is 4.21. The van der Waals surface area contributed by atoms with Gasteiger partial charge in [-0.15, -0.1) is 0 Å². The second-order valence-corrected chi connectivity index (χ2v) is 4.21. The van der Waals surface area contributed by atoms with Crippen LogP contribution < -0.4 is 10.2 Å². The summed E-state index contributed by atoms with van der Waals surface area (Å²) in [5.41, 5.74) is 2.58. The molecule has 0 saturated heterocycles. The van der Waals surface area contributed by atoms with Gasteiger partial charge in [-0.3, -0.25) is 4.98 Å². The molecular formula is C13H23N3. The Bertz CT molecular complexity index is 306. The van der Waals surface area contributed by atoms with Crippen LogP contribution in [-0.2, 0) is 6.54 Å². The van der Waals surface area contributed by atoms with Crippen molar-refractivity contribution in [1.82, 2.24) is 10.3 Å². The number of aromatic nitrogens is 1. The third kappa shape index (κ3) is 3.49. The first kappa shape index (κ1) is 13.0. The maximum Gasteiger partial charge on any atom is 0.0442 e. The van der Waals surface area contributed by atoms with Gasteiger partial charge in [0.1, 0.15) is 0 Å². The van der Waals surface area contributed by atoms with Crippen molar-refractivity contribution in [2.45, 2.75) is 40.3 Å². The lowest BCUT2D eigenvalue weighted by atomic mass is 10.2. The van der Waals surface area contributed by atoms with Crippen molar-refractivity contribution < 1.29 is 0 Å². The number of hydrogen-bond donors (Lipinski definition) is 1. The van der Waals surface area contributed by atoms with E-state index in [9.17, 15) is 0 Å². The predicted molar refractivity (Wildman–Crippen MR) is 69.8 cm³/mol. The molecule has 0 aliphatic heterocycles. The van der Waals surface area contributed by atoms with Gasteiger partial charge in [0.25, 0.3) is 0 Å². The standard InChI is InChI=1S/C13H23N3/c1-5-16(6-2)13-7-8-14-9-12(13)10-15-11(3)4/h7-9,11,15H,5-6,10H2,1-4H3. The predicted octanol–water partition coefficient (Wildman–Crippen LogP) is 2.43. The topological polar surface area (TPSA) is 28.2 Å². The molecule has 3 heteroatoms. The average molecular weight is 221 g/mol.